The van der Waals surface area contributed by atoms with Crippen LogP contribution in [0.2, 0.25) is 0 Å². The van der Waals surface area contributed by atoms with Crippen molar-refractivity contribution in [2.75, 3.05) is 14.2 Å². The van der Waals surface area contributed by atoms with Crippen LogP contribution in [0, 0.1) is 0 Å². The van der Waals surface area contributed by atoms with E-state index in [-0.39, 0.29) is 11.5 Å². The van der Waals surface area contributed by atoms with Crippen LogP contribution in [-0.4, -0.2) is 24.4 Å². The zero-order valence-corrected chi connectivity index (χ0v) is 16.3. The first-order chi connectivity index (χ1) is 13.6. The van der Waals surface area contributed by atoms with Crippen molar-refractivity contribution in [1.82, 2.24) is 0 Å². The third kappa shape index (κ3) is 4.97. The van der Waals surface area contributed by atoms with Crippen LogP contribution in [0.4, 0.5) is 0 Å². The van der Waals surface area contributed by atoms with Crippen molar-refractivity contribution in [3.05, 3.63) is 82.9 Å². The molecule has 146 valence electrons. The van der Waals surface area contributed by atoms with E-state index < -0.39 is 0 Å². The summed E-state index contributed by atoms with van der Waals surface area (Å²) in [5.41, 5.74) is 4.61. The van der Waals surface area contributed by atoms with Crippen molar-refractivity contribution in [3.8, 4) is 23.0 Å². The van der Waals surface area contributed by atoms with Gasteiger partial charge in [-0.3, -0.25) is 0 Å². The molecule has 0 heterocycles. The number of hydrogen-bond acceptors (Lipinski definition) is 4. The number of phenolic OH excluding ortho intramolecular Hbond substituents is 2. The quantitative estimate of drug-likeness (QED) is 0.597. The maximum atomic E-state index is 9.44. The van der Waals surface area contributed by atoms with Crippen LogP contribution in [0.25, 0.3) is 0 Å². The Bertz CT molecular complexity index is 826. The van der Waals surface area contributed by atoms with E-state index in [0.717, 1.165) is 48.3 Å². The Labute approximate surface area is 166 Å². The van der Waals surface area contributed by atoms with Crippen molar-refractivity contribution < 1.29 is 19.7 Å². The van der Waals surface area contributed by atoms with Gasteiger partial charge in [0.1, 0.15) is 23.0 Å². The van der Waals surface area contributed by atoms with Crippen LogP contribution in [-0.2, 0) is 25.7 Å². The Hall–Kier alpha value is -3.14. The number of hydrogen-bond donors (Lipinski definition) is 2. The smallest absolute Gasteiger partial charge is 0.125 e. The van der Waals surface area contributed by atoms with Crippen LogP contribution in [0.3, 0.4) is 0 Å². The minimum atomic E-state index is 0.280. The van der Waals surface area contributed by atoms with Gasteiger partial charge < -0.3 is 19.7 Å². The van der Waals surface area contributed by atoms with E-state index in [9.17, 15) is 10.2 Å². The molecule has 0 spiro atoms. The van der Waals surface area contributed by atoms with Gasteiger partial charge in [-0.05, 0) is 78.3 Å². The van der Waals surface area contributed by atoms with E-state index >= 15 is 0 Å². The average molecular weight is 378 g/mol. The number of rotatable bonds is 8. The van der Waals surface area contributed by atoms with Crippen molar-refractivity contribution in [1.29, 1.82) is 0 Å². The molecule has 0 saturated carbocycles. The molecule has 4 heteroatoms. The summed E-state index contributed by atoms with van der Waals surface area (Å²) in [6.07, 6.45) is 3.40. The predicted molar refractivity (Wildman–Crippen MR) is 111 cm³/mol. The van der Waals surface area contributed by atoms with Gasteiger partial charge in [0, 0.05) is 6.07 Å². The van der Waals surface area contributed by atoms with E-state index in [1.54, 1.807) is 38.5 Å². The predicted octanol–water partition coefficient (Wildman–Crippen LogP) is 4.69. The van der Waals surface area contributed by atoms with Gasteiger partial charge in [0.25, 0.3) is 0 Å². The summed E-state index contributed by atoms with van der Waals surface area (Å²) in [5.74, 6) is 2.21. The van der Waals surface area contributed by atoms with Crippen molar-refractivity contribution in [2.45, 2.75) is 25.7 Å². The molecule has 0 saturated heterocycles. The van der Waals surface area contributed by atoms with Gasteiger partial charge in [0.2, 0.25) is 0 Å². The Morgan fingerprint density at radius 3 is 1.32 bits per heavy atom. The largest absolute Gasteiger partial charge is 0.508 e. The fraction of sp³-hybridized carbons (Fsp3) is 0.250. The van der Waals surface area contributed by atoms with Gasteiger partial charge in [0.15, 0.2) is 0 Å². The summed E-state index contributed by atoms with van der Waals surface area (Å²) in [4.78, 5) is 0. The molecule has 3 rings (SSSR count). The van der Waals surface area contributed by atoms with Crippen molar-refractivity contribution >= 4 is 0 Å². The molecule has 28 heavy (non-hydrogen) atoms. The number of benzene rings is 3. The topological polar surface area (TPSA) is 58.9 Å². The monoisotopic (exact) mass is 378 g/mol. The maximum absolute atomic E-state index is 9.44. The highest BCUT2D eigenvalue weighted by Crippen LogP contribution is 2.31. The minimum absolute atomic E-state index is 0.280. The summed E-state index contributed by atoms with van der Waals surface area (Å²) >= 11 is 0. The van der Waals surface area contributed by atoms with Gasteiger partial charge in [-0.1, -0.05) is 24.3 Å². The van der Waals surface area contributed by atoms with Crippen LogP contribution in [0.1, 0.15) is 22.3 Å². The maximum Gasteiger partial charge on any atom is 0.125 e. The molecular weight excluding hydrogens is 352 g/mol. The SMILES string of the molecule is COc1cc(OC)c(CCc2ccc(O)cc2)cc1CCc1ccc(O)cc1. The second-order valence-electron chi connectivity index (χ2n) is 6.81. The zero-order chi connectivity index (χ0) is 19.9. The van der Waals surface area contributed by atoms with E-state index in [4.69, 9.17) is 9.47 Å². The molecule has 3 aromatic carbocycles. The second-order valence-corrected chi connectivity index (χ2v) is 6.81. The molecule has 0 bridgehead atoms. The van der Waals surface area contributed by atoms with E-state index in [2.05, 4.69) is 6.07 Å². The standard InChI is InChI=1S/C24H26O4/c1-27-23-16-24(28-2)20(10-4-18-7-13-22(26)14-8-18)15-19(23)9-3-17-5-11-21(25)12-6-17/h5-8,11-16,25-26H,3-4,9-10H2,1-2H3. The Balaban J connectivity index is 1.77. The molecule has 0 radical (unpaired) electrons. The number of phenols is 2. The molecule has 0 fully saturated rings. The highest BCUT2D eigenvalue weighted by atomic mass is 16.5. The summed E-state index contributed by atoms with van der Waals surface area (Å²) in [7, 11) is 3.35. The summed E-state index contributed by atoms with van der Waals surface area (Å²) in [6.45, 7) is 0. The van der Waals surface area contributed by atoms with Crippen LogP contribution >= 0.6 is 0 Å². The molecule has 0 atom stereocenters. The lowest BCUT2D eigenvalue weighted by Gasteiger charge is -2.15. The molecular formula is C24H26O4. The zero-order valence-electron chi connectivity index (χ0n) is 16.3. The van der Waals surface area contributed by atoms with Gasteiger partial charge in [-0.2, -0.15) is 0 Å². The van der Waals surface area contributed by atoms with Crippen molar-refractivity contribution in [3.63, 3.8) is 0 Å². The second kappa shape index (κ2) is 9.18. The summed E-state index contributed by atoms with van der Waals surface area (Å²) < 4.78 is 11.2. The first-order valence-electron chi connectivity index (χ1n) is 9.38. The number of methoxy groups -OCH3 is 2. The van der Waals surface area contributed by atoms with Crippen LogP contribution < -0.4 is 9.47 Å². The molecule has 0 aliphatic heterocycles. The van der Waals surface area contributed by atoms with Gasteiger partial charge >= 0.3 is 0 Å². The van der Waals surface area contributed by atoms with Crippen LogP contribution in [0.15, 0.2) is 60.7 Å². The number of aromatic hydroxyl groups is 2. The summed E-state index contributed by atoms with van der Waals surface area (Å²) in [6, 6.07) is 18.7. The molecule has 0 aliphatic rings. The third-order valence-corrected chi connectivity index (χ3v) is 4.92. The van der Waals surface area contributed by atoms with Crippen molar-refractivity contribution in [2.24, 2.45) is 0 Å². The fourth-order valence-electron chi connectivity index (χ4n) is 3.31. The van der Waals surface area contributed by atoms with E-state index in [1.165, 1.54) is 11.1 Å². The number of ether oxygens (including phenoxy) is 2. The van der Waals surface area contributed by atoms with Gasteiger partial charge in [-0.25, -0.2) is 0 Å². The normalized spacial score (nSPS) is 10.6. The number of aryl methyl sites for hydroxylation is 4. The highest BCUT2D eigenvalue weighted by molar-refractivity contribution is 5.47. The van der Waals surface area contributed by atoms with E-state index in [1.807, 2.05) is 30.3 Å². The lowest BCUT2D eigenvalue weighted by Crippen LogP contribution is -2.01. The molecule has 0 aromatic heterocycles. The van der Waals surface area contributed by atoms with Gasteiger partial charge in [0.05, 0.1) is 14.2 Å². The first-order valence-corrected chi connectivity index (χ1v) is 9.38. The molecule has 0 amide bonds. The average Bonchev–Trinajstić information content (AvgIpc) is 2.72. The third-order valence-electron chi connectivity index (χ3n) is 4.92. The molecule has 3 aromatic rings. The lowest BCUT2D eigenvalue weighted by molar-refractivity contribution is 0.388. The molecule has 4 nitrogen and oxygen atoms in total. The Morgan fingerprint density at radius 1 is 0.571 bits per heavy atom. The summed E-state index contributed by atoms with van der Waals surface area (Å²) in [5, 5.41) is 18.9. The lowest BCUT2D eigenvalue weighted by atomic mass is 9.97. The molecule has 0 unspecified atom stereocenters. The first kappa shape index (κ1) is 19.6. The van der Waals surface area contributed by atoms with Crippen LogP contribution in [0.5, 0.6) is 23.0 Å². The minimum Gasteiger partial charge on any atom is -0.508 e. The van der Waals surface area contributed by atoms with E-state index in [0.29, 0.717) is 0 Å². The molecule has 2 N–H and O–H groups in total. The molecule has 0 aliphatic carbocycles. The highest BCUT2D eigenvalue weighted by Gasteiger charge is 2.12. The fourth-order valence-corrected chi connectivity index (χ4v) is 3.31. The Kier molecular flexibility index (Phi) is 6.43. The van der Waals surface area contributed by atoms with Gasteiger partial charge in [-0.15, -0.1) is 0 Å². The Morgan fingerprint density at radius 2 is 0.964 bits per heavy atom.